The molecule has 0 spiro atoms. The molecule has 0 aliphatic heterocycles. The SMILES string of the molecule is CCOC(=O)CCN(Cc1ccccc1)C(=O)COc1ccccc1. The van der Waals surface area contributed by atoms with E-state index in [2.05, 4.69) is 0 Å². The van der Waals surface area contributed by atoms with Gasteiger partial charge in [0.2, 0.25) is 0 Å². The highest BCUT2D eigenvalue weighted by Crippen LogP contribution is 2.10. The van der Waals surface area contributed by atoms with Crippen LogP contribution in [-0.2, 0) is 20.9 Å². The number of esters is 1. The molecule has 0 bridgehead atoms. The van der Waals surface area contributed by atoms with Gasteiger partial charge >= 0.3 is 5.97 Å². The maximum atomic E-state index is 12.5. The first-order valence-electron chi connectivity index (χ1n) is 8.34. The van der Waals surface area contributed by atoms with Crippen molar-refractivity contribution in [2.75, 3.05) is 19.8 Å². The van der Waals surface area contributed by atoms with Crippen LogP contribution in [0.2, 0.25) is 0 Å². The van der Waals surface area contributed by atoms with Crippen LogP contribution < -0.4 is 4.74 Å². The molecule has 1 amide bonds. The molecular weight excluding hydrogens is 318 g/mol. The monoisotopic (exact) mass is 341 g/mol. The molecule has 0 N–H and O–H groups in total. The Labute approximate surface area is 148 Å². The smallest absolute Gasteiger partial charge is 0.307 e. The molecule has 5 heteroatoms. The van der Waals surface area contributed by atoms with Crippen molar-refractivity contribution in [3.63, 3.8) is 0 Å². The molecule has 5 nitrogen and oxygen atoms in total. The minimum Gasteiger partial charge on any atom is -0.484 e. The van der Waals surface area contributed by atoms with E-state index in [1.54, 1.807) is 24.0 Å². The Morgan fingerprint density at radius 2 is 1.60 bits per heavy atom. The van der Waals surface area contributed by atoms with Crippen LogP contribution in [-0.4, -0.2) is 36.5 Å². The molecule has 2 rings (SSSR count). The zero-order valence-electron chi connectivity index (χ0n) is 14.4. The standard InChI is InChI=1S/C20H23NO4/c1-2-24-20(23)13-14-21(15-17-9-5-3-6-10-17)19(22)16-25-18-11-7-4-8-12-18/h3-12H,2,13-16H2,1H3. The van der Waals surface area contributed by atoms with Crippen molar-refractivity contribution in [3.05, 3.63) is 66.2 Å². The topological polar surface area (TPSA) is 55.8 Å². The van der Waals surface area contributed by atoms with Crippen LogP contribution in [0.4, 0.5) is 0 Å². The summed E-state index contributed by atoms with van der Waals surface area (Å²) in [6.45, 7) is 2.75. The van der Waals surface area contributed by atoms with Crippen LogP contribution >= 0.6 is 0 Å². The lowest BCUT2D eigenvalue weighted by atomic mass is 10.2. The van der Waals surface area contributed by atoms with Crippen LogP contribution in [0.5, 0.6) is 5.75 Å². The lowest BCUT2D eigenvalue weighted by molar-refractivity contribution is -0.144. The number of para-hydroxylation sites is 1. The van der Waals surface area contributed by atoms with Crippen molar-refractivity contribution < 1.29 is 19.1 Å². The Morgan fingerprint density at radius 3 is 2.24 bits per heavy atom. The summed E-state index contributed by atoms with van der Waals surface area (Å²) >= 11 is 0. The van der Waals surface area contributed by atoms with Gasteiger partial charge in [0.25, 0.3) is 5.91 Å². The summed E-state index contributed by atoms with van der Waals surface area (Å²) in [5.41, 5.74) is 0.999. The van der Waals surface area contributed by atoms with Crippen LogP contribution in [0, 0.1) is 0 Å². The van der Waals surface area contributed by atoms with E-state index >= 15 is 0 Å². The molecule has 0 radical (unpaired) electrons. The number of rotatable bonds is 9. The number of amides is 1. The highest BCUT2D eigenvalue weighted by molar-refractivity contribution is 5.78. The summed E-state index contributed by atoms with van der Waals surface area (Å²) in [7, 11) is 0. The number of hydrogen-bond acceptors (Lipinski definition) is 4. The van der Waals surface area contributed by atoms with Gasteiger partial charge in [-0.3, -0.25) is 9.59 Å². The largest absolute Gasteiger partial charge is 0.484 e. The molecule has 132 valence electrons. The van der Waals surface area contributed by atoms with Crippen LogP contribution in [0.25, 0.3) is 0 Å². The summed E-state index contributed by atoms with van der Waals surface area (Å²) in [5, 5.41) is 0. The fourth-order valence-corrected chi connectivity index (χ4v) is 2.31. The lowest BCUT2D eigenvalue weighted by Gasteiger charge is -2.22. The maximum Gasteiger partial charge on any atom is 0.307 e. The minimum absolute atomic E-state index is 0.0698. The van der Waals surface area contributed by atoms with Crippen LogP contribution in [0.1, 0.15) is 18.9 Å². The van der Waals surface area contributed by atoms with Crippen molar-refractivity contribution in [1.82, 2.24) is 4.90 Å². The average molecular weight is 341 g/mol. The Bertz CT molecular complexity index is 658. The second-order valence-corrected chi connectivity index (χ2v) is 5.46. The molecule has 0 saturated carbocycles. The molecule has 0 fully saturated rings. The third kappa shape index (κ3) is 6.67. The number of hydrogen-bond donors (Lipinski definition) is 0. The Balaban J connectivity index is 1.96. The van der Waals surface area contributed by atoms with Crippen LogP contribution in [0.3, 0.4) is 0 Å². The quantitative estimate of drug-likeness (QED) is 0.658. The van der Waals surface area contributed by atoms with E-state index in [0.29, 0.717) is 25.4 Å². The first-order valence-corrected chi connectivity index (χ1v) is 8.34. The highest BCUT2D eigenvalue weighted by atomic mass is 16.5. The lowest BCUT2D eigenvalue weighted by Crippen LogP contribution is -2.36. The first-order chi connectivity index (χ1) is 12.2. The van der Waals surface area contributed by atoms with Crippen molar-refractivity contribution >= 4 is 11.9 Å². The van der Waals surface area contributed by atoms with Gasteiger partial charge in [-0.15, -0.1) is 0 Å². The molecule has 0 aliphatic carbocycles. The summed E-state index contributed by atoms with van der Waals surface area (Å²) < 4.78 is 10.5. The molecule has 2 aromatic carbocycles. The number of carbonyl (C=O) groups is 2. The number of ether oxygens (including phenoxy) is 2. The summed E-state index contributed by atoms with van der Waals surface area (Å²) in [6, 6.07) is 18.8. The van der Waals surface area contributed by atoms with E-state index in [1.165, 1.54) is 0 Å². The van der Waals surface area contributed by atoms with E-state index in [1.807, 2.05) is 48.5 Å². The summed E-state index contributed by atoms with van der Waals surface area (Å²) in [5.74, 6) is 0.162. The molecule has 0 saturated heterocycles. The molecule has 0 atom stereocenters. The Morgan fingerprint density at radius 1 is 0.960 bits per heavy atom. The molecule has 0 aromatic heterocycles. The van der Waals surface area contributed by atoms with E-state index in [-0.39, 0.29) is 24.9 Å². The maximum absolute atomic E-state index is 12.5. The van der Waals surface area contributed by atoms with Gasteiger partial charge in [-0.05, 0) is 24.6 Å². The molecule has 2 aromatic rings. The van der Waals surface area contributed by atoms with Gasteiger partial charge in [-0.25, -0.2) is 0 Å². The van der Waals surface area contributed by atoms with E-state index in [0.717, 1.165) is 5.56 Å². The van der Waals surface area contributed by atoms with Crippen molar-refractivity contribution in [2.24, 2.45) is 0 Å². The number of benzene rings is 2. The van der Waals surface area contributed by atoms with E-state index in [9.17, 15) is 9.59 Å². The van der Waals surface area contributed by atoms with Gasteiger partial charge in [0.15, 0.2) is 6.61 Å². The van der Waals surface area contributed by atoms with Gasteiger partial charge in [-0.2, -0.15) is 0 Å². The van der Waals surface area contributed by atoms with E-state index < -0.39 is 0 Å². The predicted octanol–water partition coefficient (Wildman–Crippen LogP) is 3.05. The highest BCUT2D eigenvalue weighted by Gasteiger charge is 2.16. The van der Waals surface area contributed by atoms with Crippen LogP contribution in [0.15, 0.2) is 60.7 Å². The van der Waals surface area contributed by atoms with Gasteiger partial charge in [0.05, 0.1) is 13.0 Å². The number of nitrogens with zero attached hydrogens (tertiary/aromatic N) is 1. The summed E-state index contributed by atoms with van der Waals surface area (Å²) in [4.78, 5) is 25.8. The fourth-order valence-electron chi connectivity index (χ4n) is 2.31. The molecular formula is C20H23NO4. The van der Waals surface area contributed by atoms with Crippen molar-refractivity contribution in [3.8, 4) is 5.75 Å². The van der Waals surface area contributed by atoms with Gasteiger partial charge in [0, 0.05) is 13.1 Å². The number of carbonyl (C=O) groups excluding carboxylic acids is 2. The van der Waals surface area contributed by atoms with Gasteiger partial charge in [-0.1, -0.05) is 48.5 Å². The molecule has 0 aliphatic rings. The zero-order valence-corrected chi connectivity index (χ0v) is 14.4. The molecule has 25 heavy (non-hydrogen) atoms. The Hall–Kier alpha value is -2.82. The van der Waals surface area contributed by atoms with Crippen molar-refractivity contribution in [1.29, 1.82) is 0 Å². The first kappa shape index (κ1) is 18.5. The fraction of sp³-hybridized carbons (Fsp3) is 0.300. The van der Waals surface area contributed by atoms with E-state index in [4.69, 9.17) is 9.47 Å². The summed E-state index contributed by atoms with van der Waals surface area (Å²) in [6.07, 6.45) is 0.164. The van der Waals surface area contributed by atoms with Crippen molar-refractivity contribution in [2.45, 2.75) is 19.9 Å². The second-order valence-electron chi connectivity index (χ2n) is 5.46. The third-order valence-corrected chi connectivity index (χ3v) is 3.57. The average Bonchev–Trinajstić information content (AvgIpc) is 2.65. The molecule has 0 unspecified atom stereocenters. The minimum atomic E-state index is -0.308. The predicted molar refractivity (Wildman–Crippen MR) is 95.0 cm³/mol. The second kappa shape index (κ2) is 10.1. The zero-order chi connectivity index (χ0) is 17.9. The Kier molecular flexibility index (Phi) is 7.50. The van der Waals surface area contributed by atoms with Gasteiger partial charge < -0.3 is 14.4 Å². The normalized spacial score (nSPS) is 10.1. The molecule has 0 heterocycles. The third-order valence-electron chi connectivity index (χ3n) is 3.57. The van der Waals surface area contributed by atoms with Gasteiger partial charge in [0.1, 0.15) is 5.75 Å².